The number of nitrogens with two attached hydrogens (primary N) is 1. The number of benzene rings is 1. The first kappa shape index (κ1) is 22.0. The molecule has 0 aromatic heterocycles. The Labute approximate surface area is 178 Å². The van der Waals surface area contributed by atoms with Crippen LogP contribution in [-0.4, -0.2) is 77.2 Å². The molecular weight excluding hydrogens is 404 g/mol. The molecule has 3 rings (SSSR count). The zero-order chi connectivity index (χ0) is 22.8. The van der Waals surface area contributed by atoms with Crippen molar-refractivity contribution in [2.75, 3.05) is 27.2 Å². The van der Waals surface area contributed by atoms with Gasteiger partial charge in [0.1, 0.15) is 12.1 Å². The van der Waals surface area contributed by atoms with Gasteiger partial charge < -0.3 is 20.9 Å². The Hall–Kier alpha value is -3.66. The van der Waals surface area contributed by atoms with Crippen LogP contribution in [0.5, 0.6) is 0 Å². The second-order valence-corrected chi connectivity index (χ2v) is 7.23. The molecule has 1 saturated heterocycles. The molecule has 2 aliphatic rings. The highest BCUT2D eigenvalue weighted by Crippen LogP contribution is 2.35. The molecule has 31 heavy (non-hydrogen) atoms. The molecule has 1 aliphatic heterocycles. The second-order valence-electron chi connectivity index (χ2n) is 7.23. The summed E-state index contributed by atoms with van der Waals surface area (Å²) in [5, 5.41) is 12.9. The van der Waals surface area contributed by atoms with Crippen molar-refractivity contribution in [3.05, 3.63) is 54.1 Å². The van der Waals surface area contributed by atoms with Gasteiger partial charge in [-0.2, -0.15) is 0 Å². The summed E-state index contributed by atoms with van der Waals surface area (Å²) in [7, 11) is 2.27. The van der Waals surface area contributed by atoms with Crippen LogP contribution < -0.4 is 11.1 Å². The van der Waals surface area contributed by atoms with Crippen LogP contribution in [0.15, 0.2) is 48.6 Å². The maximum absolute atomic E-state index is 13.6. The summed E-state index contributed by atoms with van der Waals surface area (Å²) >= 11 is 0. The first-order valence-electron chi connectivity index (χ1n) is 9.60. The van der Waals surface area contributed by atoms with Crippen molar-refractivity contribution in [1.29, 1.82) is 0 Å². The summed E-state index contributed by atoms with van der Waals surface area (Å²) in [6, 6.07) is 9.43. The van der Waals surface area contributed by atoms with Gasteiger partial charge in [-0.15, -0.1) is 0 Å². The van der Waals surface area contributed by atoms with Gasteiger partial charge in [-0.1, -0.05) is 42.5 Å². The van der Waals surface area contributed by atoms with Gasteiger partial charge in [-0.05, 0) is 17.2 Å². The first-order valence-corrected chi connectivity index (χ1v) is 9.60. The molecular formula is C21H24N4O6. The topological polar surface area (TPSA) is 142 Å². The summed E-state index contributed by atoms with van der Waals surface area (Å²) in [6.45, 7) is 0.197. The van der Waals surface area contributed by atoms with E-state index in [9.17, 15) is 24.3 Å². The van der Waals surface area contributed by atoms with Gasteiger partial charge in [0, 0.05) is 20.5 Å². The van der Waals surface area contributed by atoms with Crippen molar-refractivity contribution in [2.45, 2.75) is 17.7 Å². The molecule has 0 radical (unpaired) electrons. The van der Waals surface area contributed by atoms with E-state index < -0.39 is 35.1 Å². The fourth-order valence-electron chi connectivity index (χ4n) is 3.75. The zero-order valence-corrected chi connectivity index (χ0v) is 17.2. The predicted octanol–water partition coefficient (Wildman–Crippen LogP) is -0.401. The Kier molecular flexibility index (Phi) is 5.85. The van der Waals surface area contributed by atoms with Crippen LogP contribution in [0.3, 0.4) is 0 Å². The fourth-order valence-corrected chi connectivity index (χ4v) is 3.75. The molecule has 4 N–H and O–H groups in total. The molecule has 1 aromatic rings. The lowest BCUT2D eigenvalue weighted by Gasteiger charge is -2.43. The van der Waals surface area contributed by atoms with Crippen molar-refractivity contribution in [1.82, 2.24) is 15.1 Å². The van der Waals surface area contributed by atoms with Gasteiger partial charge in [0.2, 0.25) is 0 Å². The highest BCUT2D eigenvalue weighted by molar-refractivity contribution is 6.10. The number of aliphatic hydroxyl groups is 1. The Morgan fingerprint density at radius 1 is 1.29 bits per heavy atom. The van der Waals surface area contributed by atoms with Gasteiger partial charge in [-0.25, -0.2) is 4.79 Å². The molecule has 0 spiro atoms. The molecule has 1 fully saturated rings. The van der Waals surface area contributed by atoms with Crippen molar-refractivity contribution >= 4 is 29.4 Å². The summed E-state index contributed by atoms with van der Waals surface area (Å²) in [4.78, 5) is 52.0. The van der Waals surface area contributed by atoms with Crippen molar-refractivity contribution in [3.8, 4) is 0 Å². The third kappa shape index (κ3) is 3.55. The number of allylic oxidation sites excluding steroid dienone is 2. The van der Waals surface area contributed by atoms with Gasteiger partial charge in [0.05, 0.1) is 6.54 Å². The third-order valence-corrected chi connectivity index (χ3v) is 5.57. The van der Waals surface area contributed by atoms with E-state index in [4.69, 9.17) is 10.5 Å². The highest BCUT2D eigenvalue weighted by atomic mass is 16.6. The number of nitrogens with zero attached hydrogens (tertiary/aromatic N) is 2. The smallest absolute Gasteiger partial charge is 0.411 e. The summed E-state index contributed by atoms with van der Waals surface area (Å²) in [5.41, 5.74) is 2.44. The minimum Gasteiger partial charge on any atom is -0.447 e. The molecule has 2 unspecified atom stereocenters. The average molecular weight is 428 g/mol. The Morgan fingerprint density at radius 2 is 1.97 bits per heavy atom. The maximum Gasteiger partial charge on any atom is 0.411 e. The molecule has 2 atom stereocenters. The van der Waals surface area contributed by atoms with Crippen LogP contribution in [-0.2, 0) is 19.1 Å². The number of amides is 4. The first-order chi connectivity index (χ1) is 14.7. The van der Waals surface area contributed by atoms with E-state index in [0.717, 1.165) is 18.2 Å². The Morgan fingerprint density at radius 3 is 2.45 bits per heavy atom. The lowest BCUT2D eigenvalue weighted by atomic mass is 9.83. The van der Waals surface area contributed by atoms with E-state index in [2.05, 4.69) is 5.32 Å². The normalized spacial score (nSPS) is 22.2. The Bertz CT molecular complexity index is 975. The largest absolute Gasteiger partial charge is 0.447 e. The molecule has 1 aliphatic carbocycles. The quantitative estimate of drug-likeness (QED) is 0.416. The number of carbonyl (C=O) groups excluding carboxylic acids is 4. The number of cyclic esters (lactones) is 1. The lowest BCUT2D eigenvalue weighted by Crippen LogP contribution is -2.70. The summed E-state index contributed by atoms with van der Waals surface area (Å²) in [5.74, 6) is -3.46. The van der Waals surface area contributed by atoms with E-state index in [-0.39, 0.29) is 19.6 Å². The van der Waals surface area contributed by atoms with Crippen molar-refractivity contribution in [2.24, 2.45) is 5.73 Å². The lowest BCUT2D eigenvalue weighted by molar-refractivity contribution is -0.181. The van der Waals surface area contributed by atoms with Crippen molar-refractivity contribution < 1.29 is 29.0 Å². The molecule has 164 valence electrons. The van der Waals surface area contributed by atoms with Crippen LogP contribution in [0.25, 0.3) is 5.57 Å². The fraction of sp³-hybridized carbons (Fsp3) is 0.333. The number of likely N-dealkylation sites (N-methyl/N-ethyl adjacent to an activating group) is 2. The van der Waals surface area contributed by atoms with E-state index in [1.54, 1.807) is 12.2 Å². The molecule has 10 nitrogen and oxygen atoms in total. The number of carbonyl (C=O) groups is 4. The maximum atomic E-state index is 13.6. The van der Waals surface area contributed by atoms with Crippen molar-refractivity contribution in [3.63, 3.8) is 0 Å². The number of ether oxygens (including phenoxy) is 1. The number of primary amides is 1. The third-order valence-electron chi connectivity index (χ3n) is 5.57. The molecule has 10 heteroatoms. The minimum absolute atomic E-state index is 0.0363. The molecule has 0 saturated carbocycles. The second kappa shape index (κ2) is 8.23. The highest BCUT2D eigenvalue weighted by Gasteiger charge is 2.56. The molecule has 0 bridgehead atoms. The van der Waals surface area contributed by atoms with Crippen LogP contribution >= 0.6 is 0 Å². The minimum atomic E-state index is -2.94. The number of hydrogen-bond donors (Lipinski definition) is 3. The number of rotatable bonds is 6. The SMILES string of the molecule is CNC(=O)C(O)(C(N)=O)N(C)C(=O)C1(N2CCOC2=O)C=CC(c2ccccc2)=CC1. The molecule has 4 amide bonds. The van der Waals surface area contributed by atoms with E-state index in [0.29, 0.717) is 4.90 Å². The number of hydrogen-bond acceptors (Lipinski definition) is 6. The van der Waals surface area contributed by atoms with Crippen LogP contribution in [0.2, 0.25) is 0 Å². The summed E-state index contributed by atoms with van der Waals surface area (Å²) in [6.07, 6.45) is 4.29. The van der Waals surface area contributed by atoms with Gasteiger partial charge in [0.15, 0.2) is 0 Å². The van der Waals surface area contributed by atoms with Gasteiger partial charge in [-0.3, -0.25) is 24.2 Å². The van der Waals surface area contributed by atoms with Gasteiger partial charge >= 0.3 is 11.8 Å². The van der Waals surface area contributed by atoms with Gasteiger partial charge in [0.25, 0.3) is 17.7 Å². The average Bonchev–Trinajstić information content (AvgIpc) is 3.23. The monoisotopic (exact) mass is 428 g/mol. The molecule has 1 heterocycles. The Balaban J connectivity index is 2.03. The van der Waals surface area contributed by atoms with E-state index in [1.807, 2.05) is 30.3 Å². The molecule has 1 aromatic carbocycles. The van der Waals surface area contributed by atoms with Crippen LogP contribution in [0, 0.1) is 0 Å². The zero-order valence-electron chi connectivity index (χ0n) is 17.2. The predicted molar refractivity (Wildman–Crippen MR) is 110 cm³/mol. The standard InChI is InChI=1S/C21H24N4O6/c1-23-17(27)21(30,16(22)26)24(2)18(28)20(25-12-13-31-19(25)29)10-8-15(9-11-20)14-6-4-3-5-7-14/h3-10,30H,11-13H2,1-2H3,(H2,22,26)(H,23,27). The van der Waals surface area contributed by atoms with Crippen LogP contribution in [0.1, 0.15) is 12.0 Å². The summed E-state index contributed by atoms with van der Waals surface area (Å²) < 4.78 is 5.02. The number of nitrogens with one attached hydrogen (secondary N) is 1. The van der Waals surface area contributed by atoms with Crippen LogP contribution in [0.4, 0.5) is 4.79 Å². The van der Waals surface area contributed by atoms with E-state index in [1.165, 1.54) is 18.0 Å². The van der Waals surface area contributed by atoms with E-state index >= 15 is 0 Å².